The number of halogens is 2. The van der Waals surface area contributed by atoms with Gasteiger partial charge in [-0.2, -0.15) is 5.10 Å². The van der Waals surface area contributed by atoms with Crippen LogP contribution in [0.3, 0.4) is 0 Å². The maximum absolute atomic E-state index is 5.87. The molecular formula is C12H7BrClN3. The Morgan fingerprint density at radius 2 is 1.82 bits per heavy atom. The summed E-state index contributed by atoms with van der Waals surface area (Å²) in [5, 5.41) is 6.11. The number of hydrogen-bond donors (Lipinski definition) is 0. The molecule has 0 radical (unpaired) electrons. The SMILES string of the molecule is Clc1ccc(-n2ncc3c(Br)cncc32)cc1. The molecule has 0 amide bonds. The van der Waals surface area contributed by atoms with Crippen molar-refractivity contribution < 1.29 is 0 Å². The fourth-order valence-corrected chi connectivity index (χ4v) is 2.25. The smallest absolute Gasteiger partial charge is 0.0935 e. The maximum atomic E-state index is 5.87. The number of pyridine rings is 1. The van der Waals surface area contributed by atoms with Crippen molar-refractivity contribution in [3.8, 4) is 5.69 Å². The summed E-state index contributed by atoms with van der Waals surface area (Å²) in [6, 6.07) is 7.54. The molecule has 1 aromatic carbocycles. The molecule has 0 saturated carbocycles. The average molecular weight is 309 g/mol. The fourth-order valence-electron chi connectivity index (χ4n) is 1.70. The minimum absolute atomic E-state index is 0.713. The quantitative estimate of drug-likeness (QED) is 0.684. The van der Waals surface area contributed by atoms with Gasteiger partial charge in [-0.3, -0.25) is 4.98 Å². The van der Waals surface area contributed by atoms with Crippen LogP contribution in [0.25, 0.3) is 16.6 Å². The molecule has 3 aromatic rings. The highest BCUT2D eigenvalue weighted by Gasteiger charge is 2.07. The number of hydrogen-bond acceptors (Lipinski definition) is 2. The van der Waals surface area contributed by atoms with Crippen molar-refractivity contribution in [3.63, 3.8) is 0 Å². The molecule has 3 nitrogen and oxygen atoms in total. The summed E-state index contributed by atoms with van der Waals surface area (Å²) in [5.41, 5.74) is 1.92. The zero-order valence-electron chi connectivity index (χ0n) is 8.64. The maximum Gasteiger partial charge on any atom is 0.0935 e. The van der Waals surface area contributed by atoms with Gasteiger partial charge < -0.3 is 0 Å². The largest absolute Gasteiger partial charge is 0.261 e. The third-order valence-corrected chi connectivity index (χ3v) is 3.40. The van der Waals surface area contributed by atoms with Crippen LogP contribution in [0.2, 0.25) is 5.02 Å². The summed E-state index contributed by atoms with van der Waals surface area (Å²) < 4.78 is 2.78. The van der Waals surface area contributed by atoms with Crippen LogP contribution in [0.1, 0.15) is 0 Å². The number of nitrogens with zero attached hydrogens (tertiary/aromatic N) is 3. The van der Waals surface area contributed by atoms with E-state index >= 15 is 0 Å². The second kappa shape index (κ2) is 4.13. The molecule has 0 aliphatic carbocycles. The third-order valence-electron chi connectivity index (χ3n) is 2.52. The van der Waals surface area contributed by atoms with E-state index in [9.17, 15) is 0 Å². The predicted molar refractivity (Wildman–Crippen MR) is 71.6 cm³/mol. The Bertz CT molecular complexity index is 676. The first-order valence-electron chi connectivity index (χ1n) is 4.99. The van der Waals surface area contributed by atoms with E-state index in [4.69, 9.17) is 11.6 Å². The predicted octanol–water partition coefficient (Wildman–Crippen LogP) is 3.84. The van der Waals surface area contributed by atoms with E-state index in [1.54, 1.807) is 12.4 Å². The number of fused-ring (bicyclic) bond motifs is 1. The van der Waals surface area contributed by atoms with E-state index in [1.807, 2.05) is 35.1 Å². The van der Waals surface area contributed by atoms with Gasteiger partial charge in [-0.1, -0.05) is 11.6 Å². The van der Waals surface area contributed by atoms with Crippen LogP contribution in [0.15, 0.2) is 47.3 Å². The van der Waals surface area contributed by atoms with Crippen molar-refractivity contribution in [3.05, 3.63) is 52.4 Å². The molecule has 2 aromatic heterocycles. The molecule has 0 spiro atoms. The molecule has 0 bridgehead atoms. The minimum Gasteiger partial charge on any atom is -0.261 e. The van der Waals surface area contributed by atoms with E-state index in [1.165, 1.54) is 0 Å². The molecule has 0 saturated heterocycles. The molecule has 3 rings (SSSR count). The zero-order chi connectivity index (χ0) is 11.8. The highest BCUT2D eigenvalue weighted by molar-refractivity contribution is 9.10. The number of benzene rings is 1. The molecule has 17 heavy (non-hydrogen) atoms. The minimum atomic E-state index is 0.713. The highest BCUT2D eigenvalue weighted by Crippen LogP contribution is 2.24. The summed E-state index contributed by atoms with van der Waals surface area (Å²) in [4.78, 5) is 4.15. The lowest BCUT2D eigenvalue weighted by Crippen LogP contribution is -1.95. The number of aromatic nitrogens is 3. The van der Waals surface area contributed by atoms with Gasteiger partial charge in [-0.05, 0) is 40.2 Å². The van der Waals surface area contributed by atoms with Crippen LogP contribution >= 0.6 is 27.5 Å². The van der Waals surface area contributed by atoms with Gasteiger partial charge in [0.05, 0.1) is 23.6 Å². The van der Waals surface area contributed by atoms with Gasteiger partial charge in [-0.15, -0.1) is 0 Å². The summed E-state index contributed by atoms with van der Waals surface area (Å²) in [5.74, 6) is 0. The van der Waals surface area contributed by atoms with Gasteiger partial charge in [0, 0.05) is 21.1 Å². The van der Waals surface area contributed by atoms with E-state index in [2.05, 4.69) is 26.0 Å². The van der Waals surface area contributed by atoms with Crippen LogP contribution < -0.4 is 0 Å². The molecule has 2 heterocycles. The van der Waals surface area contributed by atoms with Gasteiger partial charge in [0.1, 0.15) is 0 Å². The summed E-state index contributed by atoms with van der Waals surface area (Å²) >= 11 is 9.32. The van der Waals surface area contributed by atoms with Gasteiger partial charge in [0.2, 0.25) is 0 Å². The van der Waals surface area contributed by atoms with Crippen LogP contribution in [-0.2, 0) is 0 Å². The molecule has 0 fully saturated rings. The van der Waals surface area contributed by atoms with E-state index < -0.39 is 0 Å². The Morgan fingerprint density at radius 1 is 1.06 bits per heavy atom. The van der Waals surface area contributed by atoms with Gasteiger partial charge in [-0.25, -0.2) is 4.68 Å². The molecule has 0 aliphatic heterocycles. The Morgan fingerprint density at radius 3 is 2.59 bits per heavy atom. The van der Waals surface area contributed by atoms with Crippen molar-refractivity contribution in [2.45, 2.75) is 0 Å². The molecule has 0 unspecified atom stereocenters. The Balaban J connectivity index is 2.24. The van der Waals surface area contributed by atoms with E-state index in [0.29, 0.717) is 5.02 Å². The summed E-state index contributed by atoms with van der Waals surface area (Å²) in [6.07, 6.45) is 5.37. The van der Waals surface area contributed by atoms with Crippen LogP contribution in [0.4, 0.5) is 0 Å². The van der Waals surface area contributed by atoms with Crippen molar-refractivity contribution in [1.82, 2.24) is 14.8 Å². The van der Waals surface area contributed by atoms with Crippen molar-refractivity contribution >= 4 is 38.4 Å². The lowest BCUT2D eigenvalue weighted by Gasteiger charge is -2.03. The first-order valence-corrected chi connectivity index (χ1v) is 6.16. The first-order chi connectivity index (χ1) is 8.25. The van der Waals surface area contributed by atoms with Gasteiger partial charge >= 0.3 is 0 Å². The Kier molecular flexibility index (Phi) is 2.61. The zero-order valence-corrected chi connectivity index (χ0v) is 11.0. The average Bonchev–Trinajstić information content (AvgIpc) is 2.75. The van der Waals surface area contributed by atoms with Crippen LogP contribution in [0.5, 0.6) is 0 Å². The number of rotatable bonds is 1. The third kappa shape index (κ3) is 1.83. The van der Waals surface area contributed by atoms with Crippen molar-refractivity contribution in [2.75, 3.05) is 0 Å². The van der Waals surface area contributed by atoms with Gasteiger partial charge in [0.25, 0.3) is 0 Å². The monoisotopic (exact) mass is 307 g/mol. The second-order valence-electron chi connectivity index (χ2n) is 3.59. The Hall–Kier alpha value is -1.39. The molecule has 5 heteroatoms. The fraction of sp³-hybridized carbons (Fsp3) is 0. The standard InChI is InChI=1S/C12H7BrClN3/c13-11-6-15-7-12-10(11)5-16-17(12)9-3-1-8(14)2-4-9/h1-7H. The van der Waals surface area contributed by atoms with Crippen molar-refractivity contribution in [2.24, 2.45) is 0 Å². The summed E-state index contributed by atoms with van der Waals surface area (Å²) in [6.45, 7) is 0. The molecule has 0 N–H and O–H groups in total. The van der Waals surface area contributed by atoms with Gasteiger partial charge in [0.15, 0.2) is 0 Å². The van der Waals surface area contributed by atoms with Crippen LogP contribution in [-0.4, -0.2) is 14.8 Å². The molecule has 0 aliphatic rings. The van der Waals surface area contributed by atoms with E-state index in [0.717, 1.165) is 21.1 Å². The topological polar surface area (TPSA) is 30.7 Å². The normalized spacial score (nSPS) is 10.9. The molecular weight excluding hydrogens is 302 g/mol. The van der Waals surface area contributed by atoms with Crippen LogP contribution in [0, 0.1) is 0 Å². The summed E-state index contributed by atoms with van der Waals surface area (Å²) in [7, 11) is 0. The Labute approximate surface area is 111 Å². The van der Waals surface area contributed by atoms with E-state index in [-0.39, 0.29) is 0 Å². The lowest BCUT2D eigenvalue weighted by atomic mass is 10.3. The second-order valence-corrected chi connectivity index (χ2v) is 4.88. The highest BCUT2D eigenvalue weighted by atomic mass is 79.9. The lowest BCUT2D eigenvalue weighted by molar-refractivity contribution is 0.908. The first kappa shape index (κ1) is 10.7. The molecule has 84 valence electrons. The van der Waals surface area contributed by atoms with Crippen molar-refractivity contribution in [1.29, 1.82) is 0 Å². The molecule has 0 atom stereocenters.